The Morgan fingerprint density at radius 1 is 0.729 bits per heavy atom. The zero-order chi connectivity index (χ0) is 35.1. The van der Waals surface area contributed by atoms with Crippen molar-refractivity contribution in [3.63, 3.8) is 0 Å². The van der Waals surface area contributed by atoms with E-state index in [2.05, 4.69) is 23.5 Å². The van der Waals surface area contributed by atoms with Crippen LogP contribution in [0.25, 0.3) is 11.1 Å². The van der Waals surface area contributed by atoms with Crippen LogP contribution in [0.2, 0.25) is 0 Å². The van der Waals surface area contributed by atoms with Gasteiger partial charge >= 0.3 is 24.0 Å². The highest BCUT2D eigenvalue weighted by Crippen LogP contribution is 2.38. The van der Waals surface area contributed by atoms with Gasteiger partial charge in [0.15, 0.2) is 6.04 Å². The molecule has 13 heteroatoms. The van der Waals surface area contributed by atoms with Crippen LogP contribution in [0.3, 0.4) is 0 Å². The zero-order valence-electron chi connectivity index (χ0n) is 25.8. The monoisotopic (exact) mass is 659 g/mol. The van der Waals surface area contributed by atoms with E-state index in [0.717, 1.165) is 28.7 Å². The third kappa shape index (κ3) is 11.6. The van der Waals surface area contributed by atoms with Gasteiger partial charge in [-0.15, -0.1) is 0 Å². The van der Waals surface area contributed by atoms with Crippen molar-refractivity contribution in [2.75, 3.05) is 6.54 Å². The van der Waals surface area contributed by atoms with Crippen LogP contribution in [0.1, 0.15) is 27.8 Å². The van der Waals surface area contributed by atoms with Crippen LogP contribution < -0.4 is 11.1 Å². The number of rotatable bonds is 11. The van der Waals surface area contributed by atoms with Gasteiger partial charge in [-0.1, -0.05) is 108 Å². The molecule has 0 saturated heterocycles. The molecule has 0 heterocycles. The molecule has 1 amide bonds. The Labute approximate surface area is 276 Å². The number of hydrogen-bond acceptors (Lipinski definition) is 9. The van der Waals surface area contributed by atoms with Gasteiger partial charge in [0.25, 0.3) is 0 Å². The first-order chi connectivity index (χ1) is 23.0. The molecule has 48 heavy (non-hydrogen) atoms. The predicted octanol–water partition coefficient (Wildman–Crippen LogP) is 3.97. The summed E-state index contributed by atoms with van der Waals surface area (Å²) >= 11 is 0. The number of carboxylic acids is 3. The van der Waals surface area contributed by atoms with Crippen LogP contribution >= 0.6 is 0 Å². The van der Waals surface area contributed by atoms with Crippen LogP contribution in [-0.2, 0) is 45.0 Å². The van der Waals surface area contributed by atoms with Crippen LogP contribution in [0.4, 0.5) is 4.79 Å². The van der Waals surface area contributed by atoms with Gasteiger partial charge in [0.05, 0.1) is 0 Å². The van der Waals surface area contributed by atoms with E-state index in [4.69, 9.17) is 36.2 Å². The fraction of sp³-hybridized carbons (Fsp3) is 0.200. The lowest BCUT2D eigenvalue weighted by atomic mass is 10.0. The number of benzene rings is 4. The largest absolute Gasteiger partial charge is 0.480 e. The number of nitrogens with two attached hydrogens (primary N) is 1. The molecule has 0 spiro atoms. The van der Waals surface area contributed by atoms with Crippen molar-refractivity contribution in [3.05, 3.63) is 131 Å². The summed E-state index contributed by atoms with van der Waals surface area (Å²) in [5.74, 6) is -3.34. The third-order valence-corrected chi connectivity index (χ3v) is 7.14. The second kappa shape index (κ2) is 18.5. The molecular weight excluding hydrogens is 622 g/mol. The number of nitrogens with one attached hydrogen (secondary N) is 1. The maximum atomic E-state index is 11.4. The number of hydrogen-bond donors (Lipinski definition) is 7. The summed E-state index contributed by atoms with van der Waals surface area (Å²) in [4.78, 5) is 42.8. The van der Waals surface area contributed by atoms with E-state index >= 15 is 0 Å². The number of nitrogens with zero attached hydrogens (tertiary/aromatic N) is 1. The maximum Gasteiger partial charge on any atom is 0.407 e. The van der Waals surface area contributed by atoms with Gasteiger partial charge in [-0.25, -0.2) is 4.79 Å². The number of aliphatic carboxylic acids is 3. The van der Waals surface area contributed by atoms with Crippen molar-refractivity contribution in [3.8, 4) is 11.1 Å². The number of carbonyl (C=O) groups is 4. The first-order valence-electron chi connectivity index (χ1n) is 14.7. The number of carboxylic acid groups (broad SMARTS) is 3. The van der Waals surface area contributed by atoms with E-state index in [0.29, 0.717) is 6.42 Å². The van der Waals surface area contributed by atoms with E-state index in [-0.39, 0.29) is 18.3 Å². The standard InChI is InChI=1S/C17H15NO4.C9H11NO4.C9H11NO2/c19-16(20)9-18-17(21)22-10-12-5-3-7-14-13-6-2-1-4-11(13)8-15(12)14;11-9(12)8(10(13)14)6-7-4-2-1-3-5-7;10-8(9(11)12)6-7-4-2-1-3-5-7/h1-7H,8-10H2,(H,18,21)(H,19,20);1-5,8,13-14H,6H2,(H,11,12);1-5,8H,6,10H2,(H,11,12). The highest BCUT2D eigenvalue weighted by molar-refractivity contribution is 5.79. The molecule has 8 N–H and O–H groups in total. The summed E-state index contributed by atoms with van der Waals surface area (Å²) < 4.78 is 5.09. The lowest BCUT2D eigenvalue weighted by Crippen LogP contribution is -2.38. The van der Waals surface area contributed by atoms with Crippen LogP contribution in [0, 0.1) is 0 Å². The van der Waals surface area contributed by atoms with E-state index in [1.165, 1.54) is 16.7 Å². The summed E-state index contributed by atoms with van der Waals surface area (Å²) in [6.07, 6.45) is 0.525. The Kier molecular flexibility index (Phi) is 14.2. The molecule has 1 aliphatic rings. The number of amides is 1. The van der Waals surface area contributed by atoms with Gasteiger partial charge in [0.2, 0.25) is 0 Å². The predicted molar refractivity (Wildman–Crippen MR) is 173 cm³/mol. The Morgan fingerprint density at radius 3 is 1.85 bits per heavy atom. The second-order valence-electron chi connectivity index (χ2n) is 10.6. The van der Waals surface area contributed by atoms with E-state index in [1.54, 1.807) is 30.3 Å². The summed E-state index contributed by atoms with van der Waals surface area (Å²) in [5.41, 5.74) is 12.8. The van der Waals surface area contributed by atoms with Gasteiger partial charge in [0.1, 0.15) is 19.2 Å². The molecule has 0 aliphatic heterocycles. The molecular formula is C35H37N3O10. The molecule has 2 unspecified atom stereocenters. The number of fused-ring (bicyclic) bond motifs is 3. The number of ether oxygens (including phenoxy) is 1. The highest BCUT2D eigenvalue weighted by Gasteiger charge is 2.23. The minimum Gasteiger partial charge on any atom is -0.480 e. The van der Waals surface area contributed by atoms with E-state index < -0.39 is 42.6 Å². The summed E-state index contributed by atoms with van der Waals surface area (Å²) in [6.45, 7) is -0.320. The minimum atomic E-state index is -1.34. The van der Waals surface area contributed by atoms with Gasteiger partial charge in [0, 0.05) is 6.42 Å². The molecule has 0 radical (unpaired) electrons. The molecule has 4 aromatic carbocycles. The smallest absolute Gasteiger partial charge is 0.407 e. The molecule has 5 rings (SSSR count). The van der Waals surface area contributed by atoms with Crippen molar-refractivity contribution in [2.24, 2.45) is 5.73 Å². The molecule has 0 aromatic heterocycles. The fourth-order valence-electron chi connectivity index (χ4n) is 4.76. The van der Waals surface area contributed by atoms with Crippen LogP contribution in [-0.4, -0.2) is 73.6 Å². The Morgan fingerprint density at radius 2 is 1.29 bits per heavy atom. The molecule has 4 aromatic rings. The van der Waals surface area contributed by atoms with Crippen molar-refractivity contribution < 1.29 is 49.6 Å². The minimum absolute atomic E-state index is 0.0448. The fourth-order valence-corrected chi connectivity index (χ4v) is 4.76. The normalized spacial score (nSPS) is 12.1. The molecule has 1 aliphatic carbocycles. The van der Waals surface area contributed by atoms with Crippen molar-refractivity contribution in [2.45, 2.75) is 38.0 Å². The quantitative estimate of drug-likeness (QED) is 0.100. The second-order valence-corrected chi connectivity index (χ2v) is 10.6. The number of carbonyl (C=O) groups excluding carboxylic acids is 1. The van der Waals surface area contributed by atoms with Gasteiger partial charge in [-0.05, 0) is 51.8 Å². The van der Waals surface area contributed by atoms with Gasteiger partial charge in [-0.3, -0.25) is 24.8 Å². The first kappa shape index (κ1) is 36.9. The number of alkyl carbamates (subject to hydrolysis) is 1. The number of hydroxylamine groups is 2. The van der Waals surface area contributed by atoms with E-state index in [9.17, 15) is 19.2 Å². The molecule has 0 bridgehead atoms. The van der Waals surface area contributed by atoms with Crippen molar-refractivity contribution in [1.82, 2.24) is 10.5 Å². The van der Waals surface area contributed by atoms with Crippen LogP contribution in [0.5, 0.6) is 0 Å². The molecule has 252 valence electrons. The van der Waals surface area contributed by atoms with Gasteiger partial charge in [-0.2, -0.15) is 0 Å². The lowest BCUT2D eigenvalue weighted by Gasteiger charge is -2.15. The average Bonchev–Trinajstić information content (AvgIpc) is 3.46. The summed E-state index contributed by atoms with van der Waals surface area (Å²) in [7, 11) is 0. The van der Waals surface area contributed by atoms with E-state index in [1.807, 2.05) is 54.6 Å². The summed E-state index contributed by atoms with van der Waals surface area (Å²) in [5, 5.41) is 44.9. The zero-order valence-corrected chi connectivity index (χ0v) is 25.8. The SMILES string of the molecule is NC(Cc1ccccc1)C(=O)O.O=C(O)C(Cc1ccccc1)N(O)O.O=C(O)CNC(=O)OCc1cccc2c1Cc1ccccc1-2. The third-order valence-electron chi connectivity index (χ3n) is 7.14. The highest BCUT2D eigenvalue weighted by atomic mass is 16.8. The van der Waals surface area contributed by atoms with Crippen LogP contribution in [0.15, 0.2) is 103 Å². The van der Waals surface area contributed by atoms with Crippen molar-refractivity contribution in [1.29, 1.82) is 0 Å². The lowest BCUT2D eigenvalue weighted by molar-refractivity contribution is -0.327. The Balaban J connectivity index is 0.000000209. The molecule has 0 saturated carbocycles. The Bertz CT molecular complexity index is 1670. The average molecular weight is 660 g/mol. The first-order valence-corrected chi connectivity index (χ1v) is 14.7. The van der Waals surface area contributed by atoms with Gasteiger partial charge < -0.3 is 31.1 Å². The maximum absolute atomic E-state index is 11.4. The topological polar surface area (TPSA) is 220 Å². The molecule has 0 fully saturated rings. The van der Waals surface area contributed by atoms with Crippen molar-refractivity contribution >= 4 is 24.0 Å². The summed E-state index contributed by atoms with van der Waals surface area (Å²) in [6, 6.07) is 30.1. The molecule has 13 nitrogen and oxygen atoms in total. The molecule has 2 atom stereocenters. The Hall–Kier alpha value is -5.60.